The van der Waals surface area contributed by atoms with Crippen molar-refractivity contribution in [3.63, 3.8) is 0 Å². The standard InChI is InChI=1S/C29H36N6O.Pt/c1-19-15-23(30-25(16-19)34-13-11-21(32-34)27(2,3)4)29(8,9)24-17-20(36-10)18-26(31-24)35-14-12-22(33-35)28(5,6)7;/h11-12,15-18H,1-10H3;/q-2;+2. The molecule has 198 valence electrons. The van der Waals surface area contributed by atoms with Crippen molar-refractivity contribution in [3.8, 4) is 17.4 Å². The third-order valence-corrected chi connectivity index (χ3v) is 6.29. The largest absolute Gasteiger partial charge is 2.00 e. The van der Waals surface area contributed by atoms with E-state index in [4.69, 9.17) is 24.9 Å². The van der Waals surface area contributed by atoms with Crippen LogP contribution < -0.4 is 4.74 Å². The van der Waals surface area contributed by atoms with Gasteiger partial charge in [0.1, 0.15) is 5.75 Å². The molecule has 7 nitrogen and oxygen atoms in total. The molecule has 0 spiro atoms. The molecule has 0 atom stereocenters. The molecule has 0 aliphatic carbocycles. The Balaban J connectivity index is 0.00000380. The van der Waals surface area contributed by atoms with E-state index in [0.29, 0.717) is 11.6 Å². The van der Waals surface area contributed by atoms with E-state index >= 15 is 0 Å². The van der Waals surface area contributed by atoms with Crippen LogP contribution in [0.5, 0.6) is 5.75 Å². The predicted molar refractivity (Wildman–Crippen MR) is 141 cm³/mol. The van der Waals surface area contributed by atoms with Crippen molar-refractivity contribution in [3.05, 3.63) is 77.1 Å². The van der Waals surface area contributed by atoms with Crippen LogP contribution in [-0.2, 0) is 37.3 Å². The Hall–Kier alpha value is -2.79. The van der Waals surface area contributed by atoms with E-state index < -0.39 is 5.41 Å². The van der Waals surface area contributed by atoms with Crippen LogP contribution >= 0.6 is 0 Å². The molecule has 0 bridgehead atoms. The molecule has 4 heterocycles. The molecule has 0 aliphatic rings. The molecule has 0 radical (unpaired) electrons. The van der Waals surface area contributed by atoms with Crippen molar-refractivity contribution in [2.75, 3.05) is 7.11 Å². The number of ether oxygens (including phenoxy) is 1. The Kier molecular flexibility index (Phi) is 7.91. The summed E-state index contributed by atoms with van der Waals surface area (Å²) in [5.41, 5.74) is 4.03. The summed E-state index contributed by atoms with van der Waals surface area (Å²) in [5.74, 6) is 2.08. The molecule has 0 saturated carbocycles. The van der Waals surface area contributed by atoms with Gasteiger partial charge in [0.15, 0.2) is 0 Å². The Bertz CT molecular complexity index is 1390. The quantitative estimate of drug-likeness (QED) is 0.254. The monoisotopic (exact) mass is 679 g/mol. The minimum absolute atomic E-state index is 0. The van der Waals surface area contributed by atoms with Gasteiger partial charge in [0.2, 0.25) is 0 Å². The van der Waals surface area contributed by atoms with Crippen LogP contribution in [0.3, 0.4) is 0 Å². The van der Waals surface area contributed by atoms with Crippen LogP contribution in [0.25, 0.3) is 11.6 Å². The smallest absolute Gasteiger partial charge is 0.498 e. The number of nitrogens with zero attached hydrogens (tertiary/aromatic N) is 6. The van der Waals surface area contributed by atoms with Crippen molar-refractivity contribution in [2.45, 2.75) is 78.6 Å². The van der Waals surface area contributed by atoms with Crippen LogP contribution in [0.2, 0.25) is 0 Å². The Morgan fingerprint density at radius 2 is 1.14 bits per heavy atom. The summed E-state index contributed by atoms with van der Waals surface area (Å²) < 4.78 is 9.05. The maximum absolute atomic E-state index is 5.64. The van der Waals surface area contributed by atoms with Gasteiger partial charge in [-0.05, 0) is 55.1 Å². The van der Waals surface area contributed by atoms with E-state index in [9.17, 15) is 0 Å². The van der Waals surface area contributed by atoms with Gasteiger partial charge in [0.25, 0.3) is 0 Å². The van der Waals surface area contributed by atoms with Gasteiger partial charge in [-0.15, -0.1) is 12.1 Å². The first-order valence-electron chi connectivity index (χ1n) is 12.2. The molecule has 0 N–H and O–H groups in total. The fourth-order valence-electron chi connectivity index (χ4n) is 3.79. The number of hydrogen-bond acceptors (Lipinski definition) is 5. The van der Waals surface area contributed by atoms with E-state index in [0.717, 1.165) is 34.2 Å². The molecule has 4 aromatic heterocycles. The molecule has 0 aromatic carbocycles. The van der Waals surface area contributed by atoms with Gasteiger partial charge in [-0.2, -0.15) is 0 Å². The van der Waals surface area contributed by atoms with Gasteiger partial charge in [0.05, 0.1) is 18.7 Å². The van der Waals surface area contributed by atoms with Crippen LogP contribution in [0.15, 0.2) is 36.4 Å². The third kappa shape index (κ3) is 6.03. The average molecular weight is 680 g/mol. The fourth-order valence-corrected chi connectivity index (χ4v) is 3.79. The molecule has 37 heavy (non-hydrogen) atoms. The van der Waals surface area contributed by atoms with Crippen molar-refractivity contribution >= 4 is 0 Å². The Labute approximate surface area is 235 Å². The Morgan fingerprint density at radius 3 is 1.57 bits per heavy atom. The van der Waals surface area contributed by atoms with Gasteiger partial charge in [-0.1, -0.05) is 65.6 Å². The summed E-state index contributed by atoms with van der Waals surface area (Å²) >= 11 is 0. The van der Waals surface area contributed by atoms with Crippen LogP contribution in [0, 0.1) is 19.3 Å². The molecule has 0 saturated heterocycles. The summed E-state index contributed by atoms with van der Waals surface area (Å²) in [5, 5.41) is 9.46. The molecule has 4 rings (SSSR count). The second-order valence-corrected chi connectivity index (χ2v) is 11.9. The summed E-state index contributed by atoms with van der Waals surface area (Å²) in [6.07, 6.45) is 6.44. The minimum atomic E-state index is -0.524. The van der Waals surface area contributed by atoms with E-state index in [-0.39, 0.29) is 31.9 Å². The number of aryl methyl sites for hydroxylation is 1. The van der Waals surface area contributed by atoms with Gasteiger partial charge < -0.3 is 14.1 Å². The SMILES string of the molecule is COc1cc(-n2[c-]cc(C(C)(C)C)n2)nc(C(C)(C)c2cc(C)cc(-n3[c-]cc(C(C)(C)C)n3)n2)c1.[Pt+2]. The number of aromatic nitrogens is 6. The van der Waals surface area contributed by atoms with Crippen LogP contribution in [0.1, 0.15) is 83.7 Å². The minimum Gasteiger partial charge on any atom is -0.498 e. The first-order valence-corrected chi connectivity index (χ1v) is 12.2. The van der Waals surface area contributed by atoms with E-state index in [1.807, 2.05) is 30.3 Å². The van der Waals surface area contributed by atoms with Crippen molar-refractivity contribution in [2.24, 2.45) is 0 Å². The van der Waals surface area contributed by atoms with Gasteiger partial charge >= 0.3 is 21.1 Å². The Morgan fingerprint density at radius 1 is 0.676 bits per heavy atom. The molecule has 0 unspecified atom stereocenters. The fraction of sp³-hybridized carbons (Fsp3) is 0.448. The summed E-state index contributed by atoms with van der Waals surface area (Å²) in [7, 11) is 1.66. The topological polar surface area (TPSA) is 70.7 Å². The molecular weight excluding hydrogens is 643 g/mol. The van der Waals surface area contributed by atoms with E-state index in [1.54, 1.807) is 16.5 Å². The van der Waals surface area contributed by atoms with Gasteiger partial charge in [-0.3, -0.25) is 20.2 Å². The number of hydrogen-bond donors (Lipinski definition) is 0. The zero-order valence-electron chi connectivity index (χ0n) is 23.4. The number of rotatable bonds is 5. The average Bonchev–Trinajstić information content (AvgIpc) is 3.48. The predicted octanol–water partition coefficient (Wildman–Crippen LogP) is 5.68. The zero-order chi connectivity index (χ0) is 26.5. The van der Waals surface area contributed by atoms with Gasteiger partial charge in [0, 0.05) is 22.9 Å². The number of methoxy groups -OCH3 is 1. The van der Waals surface area contributed by atoms with Crippen LogP contribution in [-0.4, -0.2) is 36.6 Å². The number of pyridine rings is 2. The molecule has 0 amide bonds. The first kappa shape index (κ1) is 28.8. The molecule has 8 heteroatoms. The van der Waals surface area contributed by atoms with Crippen molar-refractivity contribution in [1.29, 1.82) is 0 Å². The zero-order valence-corrected chi connectivity index (χ0v) is 25.6. The van der Waals surface area contributed by atoms with Crippen molar-refractivity contribution in [1.82, 2.24) is 29.5 Å². The van der Waals surface area contributed by atoms with E-state index in [2.05, 4.69) is 80.8 Å². The molecular formula is C29H36N6OPt. The molecule has 0 fully saturated rings. The summed E-state index contributed by atoms with van der Waals surface area (Å²) in [6, 6.07) is 11.8. The van der Waals surface area contributed by atoms with Crippen LogP contribution in [0.4, 0.5) is 0 Å². The maximum Gasteiger partial charge on any atom is 2.00 e. The molecule has 4 aromatic rings. The summed E-state index contributed by atoms with van der Waals surface area (Å²) in [6.45, 7) is 19.1. The normalized spacial score (nSPS) is 12.4. The van der Waals surface area contributed by atoms with Gasteiger partial charge in [-0.25, -0.2) is 0 Å². The third-order valence-electron chi connectivity index (χ3n) is 6.29. The molecule has 0 aliphatic heterocycles. The second-order valence-electron chi connectivity index (χ2n) is 11.9. The van der Waals surface area contributed by atoms with Crippen molar-refractivity contribution < 1.29 is 25.8 Å². The summed E-state index contributed by atoms with van der Waals surface area (Å²) in [4.78, 5) is 9.98. The maximum atomic E-state index is 5.64. The van der Waals surface area contributed by atoms with E-state index in [1.165, 1.54) is 0 Å². The second kappa shape index (κ2) is 10.2. The first-order chi connectivity index (χ1) is 16.7.